The molecule has 0 bridgehead atoms. The number of phenolic OH excluding ortho intramolecular Hbond substituents is 2. The molecule has 4 aromatic carbocycles. The minimum Gasteiger partial charge on any atom is -0.507 e. The van der Waals surface area contributed by atoms with E-state index in [1.165, 1.54) is 80.8 Å². The number of ether oxygens (including phenoxy) is 1. The molecule has 0 radical (unpaired) electrons. The summed E-state index contributed by atoms with van der Waals surface area (Å²) in [7, 11) is 0. The van der Waals surface area contributed by atoms with Crippen LogP contribution in [0.4, 0.5) is 5.69 Å². The number of hydrogen-bond donors (Lipinski definition) is 3. The van der Waals surface area contributed by atoms with Crippen LogP contribution in [0.2, 0.25) is 0 Å². The second kappa shape index (κ2) is 14.9. The van der Waals surface area contributed by atoms with Gasteiger partial charge in [-0.1, -0.05) is 94.1 Å². The average Bonchev–Trinajstić information content (AvgIpc) is 3.10. The molecule has 6 rings (SSSR count). The molecule has 0 aromatic heterocycles. The third kappa shape index (κ3) is 6.84. The molecule has 250 valence electrons. The lowest BCUT2D eigenvalue weighted by molar-refractivity contribution is 0.0972. The lowest BCUT2D eigenvalue weighted by atomic mass is 9.77. The van der Waals surface area contributed by atoms with E-state index in [2.05, 4.69) is 43.3 Å². The van der Waals surface area contributed by atoms with Gasteiger partial charge in [-0.15, -0.1) is 0 Å². The van der Waals surface area contributed by atoms with Crippen LogP contribution in [-0.4, -0.2) is 28.4 Å². The Morgan fingerprint density at radius 1 is 0.750 bits per heavy atom. The summed E-state index contributed by atoms with van der Waals surface area (Å²) >= 11 is 1.34. The molecular weight excluding hydrogens is 619 g/mol. The molecule has 4 aromatic rings. The van der Waals surface area contributed by atoms with Crippen molar-refractivity contribution in [2.75, 3.05) is 12.3 Å². The predicted octanol–water partition coefficient (Wildman–Crippen LogP) is 10.3. The van der Waals surface area contributed by atoms with Gasteiger partial charge in [0.1, 0.15) is 5.75 Å². The summed E-state index contributed by atoms with van der Waals surface area (Å²) in [5.41, 5.74) is 9.64. The maximum Gasteiger partial charge on any atom is 0.202 e. The summed E-state index contributed by atoms with van der Waals surface area (Å²) in [5, 5.41) is 21.7. The van der Waals surface area contributed by atoms with Gasteiger partial charge in [-0.2, -0.15) is 0 Å². The molecule has 2 aliphatic rings. The number of nitrogen functional groups attached to an aromatic ring is 1. The Bertz CT molecular complexity index is 1790. The van der Waals surface area contributed by atoms with Gasteiger partial charge >= 0.3 is 0 Å². The maximum absolute atomic E-state index is 13.9. The van der Waals surface area contributed by atoms with Crippen molar-refractivity contribution in [3.05, 3.63) is 94.5 Å². The minimum absolute atomic E-state index is 0.0445. The molecule has 2 aliphatic carbocycles. The first-order chi connectivity index (χ1) is 23.3. The van der Waals surface area contributed by atoms with Crippen LogP contribution in [0.1, 0.15) is 121 Å². The quantitative estimate of drug-likeness (QED) is 0.0692. The van der Waals surface area contributed by atoms with E-state index in [1.54, 1.807) is 6.07 Å². The number of ketones is 2. The van der Waals surface area contributed by atoms with E-state index in [0.717, 1.165) is 34.8 Å². The molecule has 1 fully saturated rings. The van der Waals surface area contributed by atoms with E-state index >= 15 is 0 Å². The maximum atomic E-state index is 13.9. The Morgan fingerprint density at radius 2 is 1.40 bits per heavy atom. The van der Waals surface area contributed by atoms with E-state index in [9.17, 15) is 19.8 Å². The third-order valence-electron chi connectivity index (χ3n) is 9.96. The van der Waals surface area contributed by atoms with Crippen LogP contribution in [0.5, 0.6) is 17.2 Å². The van der Waals surface area contributed by atoms with Crippen molar-refractivity contribution in [3.63, 3.8) is 0 Å². The van der Waals surface area contributed by atoms with Crippen LogP contribution in [0.15, 0.2) is 76.5 Å². The Morgan fingerprint density at radius 3 is 2.06 bits per heavy atom. The van der Waals surface area contributed by atoms with Gasteiger partial charge in [-0.05, 0) is 84.9 Å². The molecule has 1 saturated carbocycles. The van der Waals surface area contributed by atoms with E-state index in [1.807, 2.05) is 19.1 Å². The van der Waals surface area contributed by atoms with Gasteiger partial charge in [0.05, 0.1) is 28.9 Å². The first-order valence-corrected chi connectivity index (χ1v) is 18.2. The second-order valence-corrected chi connectivity index (χ2v) is 14.3. The van der Waals surface area contributed by atoms with E-state index < -0.39 is 17.3 Å². The van der Waals surface area contributed by atoms with Crippen molar-refractivity contribution in [3.8, 4) is 28.4 Å². The second-order valence-electron chi connectivity index (χ2n) is 13.2. The summed E-state index contributed by atoms with van der Waals surface area (Å²) in [6.45, 7) is 4.61. The van der Waals surface area contributed by atoms with Crippen LogP contribution < -0.4 is 10.5 Å². The Kier molecular flexibility index (Phi) is 10.4. The van der Waals surface area contributed by atoms with Crippen LogP contribution in [0.25, 0.3) is 11.1 Å². The Hall–Kier alpha value is -4.23. The molecule has 7 heteroatoms. The number of carbonyl (C=O) groups is 2. The molecule has 0 spiro atoms. The van der Waals surface area contributed by atoms with Gasteiger partial charge < -0.3 is 20.7 Å². The van der Waals surface area contributed by atoms with Gasteiger partial charge in [-0.3, -0.25) is 9.59 Å². The lowest BCUT2D eigenvalue weighted by Crippen LogP contribution is -2.24. The smallest absolute Gasteiger partial charge is 0.202 e. The Labute approximate surface area is 287 Å². The van der Waals surface area contributed by atoms with Crippen molar-refractivity contribution < 1.29 is 24.5 Å². The lowest BCUT2D eigenvalue weighted by Gasteiger charge is -2.29. The highest BCUT2D eigenvalue weighted by molar-refractivity contribution is 7.99. The zero-order chi connectivity index (χ0) is 33.8. The van der Waals surface area contributed by atoms with Crippen molar-refractivity contribution >= 4 is 29.0 Å². The van der Waals surface area contributed by atoms with Crippen LogP contribution in [0, 0.1) is 5.92 Å². The third-order valence-corrected chi connectivity index (χ3v) is 11.0. The molecule has 0 heterocycles. The van der Waals surface area contributed by atoms with Gasteiger partial charge in [0.25, 0.3) is 0 Å². The molecule has 0 unspecified atom stereocenters. The molecule has 0 amide bonds. The van der Waals surface area contributed by atoms with Crippen molar-refractivity contribution in [2.24, 2.45) is 5.92 Å². The van der Waals surface area contributed by atoms with Gasteiger partial charge in [-0.25, -0.2) is 0 Å². The highest BCUT2D eigenvalue weighted by Gasteiger charge is 2.39. The molecule has 0 saturated heterocycles. The fraction of sp³-hybridized carbons (Fsp3) is 0.366. The van der Waals surface area contributed by atoms with Crippen molar-refractivity contribution in [1.29, 1.82) is 0 Å². The topological polar surface area (TPSA) is 110 Å². The molecule has 0 atom stereocenters. The van der Waals surface area contributed by atoms with E-state index in [4.69, 9.17) is 10.5 Å². The summed E-state index contributed by atoms with van der Waals surface area (Å²) in [4.78, 5) is 29.0. The largest absolute Gasteiger partial charge is 0.507 e. The number of carbonyl (C=O) groups excluding carboxylic acids is 2. The number of fused-ring (bicyclic) bond motifs is 2. The van der Waals surface area contributed by atoms with Crippen molar-refractivity contribution in [1.82, 2.24) is 0 Å². The fourth-order valence-electron chi connectivity index (χ4n) is 7.19. The predicted molar refractivity (Wildman–Crippen MR) is 193 cm³/mol. The minimum atomic E-state index is -0.663. The first-order valence-electron chi connectivity index (χ1n) is 17.4. The number of unbranched alkanes of at least 4 members (excludes halogenated alkanes) is 3. The molecule has 4 N–H and O–H groups in total. The average molecular weight is 664 g/mol. The van der Waals surface area contributed by atoms with Crippen molar-refractivity contribution in [2.45, 2.75) is 93.8 Å². The van der Waals surface area contributed by atoms with Crippen LogP contribution >= 0.6 is 11.8 Å². The number of anilines is 1. The molecule has 6 nitrogen and oxygen atoms in total. The SMILES string of the molecule is CCCCCC1CCC(c2ccc(-c3ccc(Sc4ccc(O)c5c4C(=O)c4c(N)cc(OCCCC)c(O)c4C5=O)cc3)cc2)CC1. The molecule has 48 heavy (non-hydrogen) atoms. The summed E-state index contributed by atoms with van der Waals surface area (Å²) in [6.07, 6.45) is 12.3. The number of rotatable bonds is 12. The summed E-state index contributed by atoms with van der Waals surface area (Å²) in [6, 6.07) is 21.5. The van der Waals surface area contributed by atoms with E-state index in [0.29, 0.717) is 17.4 Å². The Balaban J connectivity index is 1.18. The number of hydrogen-bond acceptors (Lipinski definition) is 7. The van der Waals surface area contributed by atoms with Crippen LogP contribution in [-0.2, 0) is 0 Å². The monoisotopic (exact) mass is 663 g/mol. The molecular formula is C41H45NO5S. The summed E-state index contributed by atoms with van der Waals surface area (Å²) < 4.78 is 5.66. The van der Waals surface area contributed by atoms with E-state index in [-0.39, 0.29) is 39.4 Å². The standard InChI is InChI=1S/C41H45NO5S/c1-3-5-7-8-25-9-11-26(12-10-25)27-13-15-28(16-14-27)29-17-19-30(20-18-29)48-34-22-21-32(43)36-37(34)40(45)35-31(42)24-33(47-23-6-4-2)39(44)38(35)41(36)46/h13-22,24-26,43-44H,3-12,23,42H2,1-2H3. The number of benzene rings is 4. The van der Waals surface area contributed by atoms with Gasteiger partial charge in [0.15, 0.2) is 17.3 Å². The number of phenols is 2. The summed E-state index contributed by atoms with van der Waals surface area (Å²) in [5.74, 6) is -0.350. The fourth-order valence-corrected chi connectivity index (χ4v) is 8.15. The molecule has 0 aliphatic heterocycles. The first kappa shape index (κ1) is 33.7. The van der Waals surface area contributed by atoms with Crippen LogP contribution in [0.3, 0.4) is 0 Å². The normalized spacial score (nSPS) is 17.2. The zero-order valence-corrected chi connectivity index (χ0v) is 28.7. The highest BCUT2D eigenvalue weighted by atomic mass is 32.2. The zero-order valence-electron chi connectivity index (χ0n) is 27.9. The number of nitrogens with two attached hydrogens (primary N) is 1. The number of aromatic hydroxyl groups is 2. The highest BCUT2D eigenvalue weighted by Crippen LogP contribution is 2.47. The van der Waals surface area contributed by atoms with Gasteiger partial charge in [0, 0.05) is 21.5 Å². The van der Waals surface area contributed by atoms with Gasteiger partial charge in [0.2, 0.25) is 5.78 Å².